The molecule has 0 aliphatic rings. The summed E-state index contributed by atoms with van der Waals surface area (Å²) >= 11 is 0. The van der Waals surface area contributed by atoms with Gasteiger partial charge in [-0.25, -0.2) is 0 Å². The van der Waals surface area contributed by atoms with Crippen LogP contribution in [0, 0.1) is 0 Å². The zero-order valence-corrected chi connectivity index (χ0v) is 3.33. The molecular weight excluding hydrogens is 146 g/mol. The summed E-state index contributed by atoms with van der Waals surface area (Å²) in [6.45, 7) is 0. The van der Waals surface area contributed by atoms with Gasteiger partial charge < -0.3 is 0 Å². The predicted octanol–water partition coefficient (Wildman–Crippen LogP) is 4.90. The Hall–Kier alpha value is -0.850. The highest BCUT2D eigenvalue weighted by atomic mass is 14.6. The van der Waals surface area contributed by atoms with Gasteiger partial charge in [-0.05, 0) is 12.1 Å². The number of aromatic nitrogens is 1. The third-order valence-electron chi connectivity index (χ3n) is 0.566. The number of hydrogen-bond donors (Lipinski definition) is 0. The molecule has 0 fully saturated rings. The topological polar surface area (TPSA) is 12.9 Å². The molecule has 1 heterocycles. The van der Waals surface area contributed by atoms with Crippen LogP contribution in [0.4, 0.5) is 0 Å². The third kappa shape index (κ3) is 22.9. The molecule has 0 aliphatic carbocycles. The molecular formula is C11H29N. The molecule has 0 saturated heterocycles. The molecule has 1 nitrogen and oxygen atoms in total. The first kappa shape index (κ1) is 43.3. The SMILES string of the molecule is C.C.C.C.C.C.c1ccncc1. The molecule has 0 bridgehead atoms. The fourth-order valence-electron chi connectivity index (χ4n) is 0.313. The molecule has 0 saturated carbocycles. The maximum atomic E-state index is 3.78. The Morgan fingerprint density at radius 1 is 0.500 bits per heavy atom. The molecule has 0 aromatic carbocycles. The summed E-state index contributed by atoms with van der Waals surface area (Å²) in [6.07, 6.45) is 3.50. The summed E-state index contributed by atoms with van der Waals surface area (Å²) in [7, 11) is 0. The van der Waals surface area contributed by atoms with Crippen molar-refractivity contribution in [3.63, 3.8) is 0 Å². The molecule has 1 heteroatoms. The van der Waals surface area contributed by atoms with Crippen LogP contribution >= 0.6 is 0 Å². The van der Waals surface area contributed by atoms with E-state index in [2.05, 4.69) is 4.98 Å². The van der Waals surface area contributed by atoms with Crippen LogP contribution in [0.15, 0.2) is 30.6 Å². The number of pyridine rings is 1. The lowest BCUT2D eigenvalue weighted by atomic mass is 10.5. The fourth-order valence-corrected chi connectivity index (χ4v) is 0.313. The smallest absolute Gasteiger partial charge is 0.0267 e. The van der Waals surface area contributed by atoms with Gasteiger partial charge in [-0.15, -0.1) is 0 Å². The van der Waals surface area contributed by atoms with Crippen LogP contribution in [0.2, 0.25) is 0 Å². The molecule has 1 aromatic rings. The van der Waals surface area contributed by atoms with Crippen molar-refractivity contribution in [1.29, 1.82) is 0 Å². The third-order valence-corrected chi connectivity index (χ3v) is 0.566. The minimum absolute atomic E-state index is 0. The molecule has 78 valence electrons. The highest BCUT2D eigenvalue weighted by molar-refractivity contribution is 4.88. The fraction of sp³-hybridized carbons (Fsp3) is 0.545. The van der Waals surface area contributed by atoms with Crippen molar-refractivity contribution in [2.45, 2.75) is 44.6 Å². The van der Waals surface area contributed by atoms with Gasteiger partial charge in [-0.1, -0.05) is 50.6 Å². The number of rotatable bonds is 0. The average Bonchev–Trinajstić information content (AvgIpc) is 1.72. The molecule has 0 aliphatic heterocycles. The van der Waals surface area contributed by atoms with E-state index < -0.39 is 0 Å². The largest absolute Gasteiger partial charge is 0.265 e. The van der Waals surface area contributed by atoms with Crippen molar-refractivity contribution < 1.29 is 0 Å². The maximum absolute atomic E-state index is 3.78. The molecule has 0 radical (unpaired) electrons. The Labute approximate surface area is 80.9 Å². The first-order valence-corrected chi connectivity index (χ1v) is 1.85. The second kappa shape index (κ2) is 32.0. The average molecular weight is 175 g/mol. The van der Waals surface area contributed by atoms with Gasteiger partial charge in [0, 0.05) is 12.4 Å². The molecule has 0 N–H and O–H groups in total. The van der Waals surface area contributed by atoms with E-state index >= 15 is 0 Å². The second-order valence-corrected chi connectivity index (χ2v) is 1.02. The highest BCUT2D eigenvalue weighted by Gasteiger charge is 1.58. The normalized spacial score (nSPS) is 4.00. The standard InChI is InChI=1S/C5H5N.6CH4/c1-2-4-6-5-3-1;;;;;;/h1-5H;6*1H4. The van der Waals surface area contributed by atoms with Crippen molar-refractivity contribution in [2.24, 2.45) is 0 Å². The summed E-state index contributed by atoms with van der Waals surface area (Å²) in [6, 6.07) is 5.72. The van der Waals surface area contributed by atoms with Crippen molar-refractivity contribution in [2.75, 3.05) is 0 Å². The quantitative estimate of drug-likeness (QED) is 0.546. The van der Waals surface area contributed by atoms with E-state index in [1.807, 2.05) is 18.2 Å². The maximum Gasteiger partial charge on any atom is 0.0267 e. The van der Waals surface area contributed by atoms with Crippen molar-refractivity contribution in [3.8, 4) is 0 Å². The van der Waals surface area contributed by atoms with E-state index in [9.17, 15) is 0 Å². The van der Waals surface area contributed by atoms with Gasteiger partial charge in [-0.3, -0.25) is 4.98 Å². The molecule has 1 rings (SSSR count). The van der Waals surface area contributed by atoms with Crippen molar-refractivity contribution in [3.05, 3.63) is 30.6 Å². The molecule has 0 atom stereocenters. The van der Waals surface area contributed by atoms with Crippen LogP contribution in [-0.4, -0.2) is 4.98 Å². The minimum atomic E-state index is 0. The van der Waals surface area contributed by atoms with Crippen LogP contribution in [0.1, 0.15) is 44.6 Å². The lowest BCUT2D eigenvalue weighted by Crippen LogP contribution is -1.58. The van der Waals surface area contributed by atoms with Gasteiger partial charge in [-0.2, -0.15) is 0 Å². The number of nitrogens with zero attached hydrogens (tertiary/aromatic N) is 1. The molecule has 1 aromatic heterocycles. The molecule has 0 amide bonds. The highest BCUT2D eigenvalue weighted by Crippen LogP contribution is 1.73. The Morgan fingerprint density at radius 3 is 0.917 bits per heavy atom. The zero-order chi connectivity index (χ0) is 4.24. The molecule has 0 spiro atoms. The van der Waals surface area contributed by atoms with Crippen molar-refractivity contribution >= 4 is 0 Å². The van der Waals surface area contributed by atoms with E-state index in [0.717, 1.165) is 0 Å². The predicted molar refractivity (Wildman–Crippen MR) is 64.6 cm³/mol. The van der Waals surface area contributed by atoms with E-state index in [1.165, 1.54) is 0 Å². The van der Waals surface area contributed by atoms with E-state index in [-0.39, 0.29) is 44.6 Å². The lowest BCUT2D eigenvalue weighted by molar-refractivity contribution is 1.33. The summed E-state index contributed by atoms with van der Waals surface area (Å²) in [5.74, 6) is 0. The van der Waals surface area contributed by atoms with Crippen LogP contribution in [0.5, 0.6) is 0 Å². The van der Waals surface area contributed by atoms with Crippen LogP contribution in [-0.2, 0) is 0 Å². The van der Waals surface area contributed by atoms with E-state index in [4.69, 9.17) is 0 Å². The van der Waals surface area contributed by atoms with Crippen molar-refractivity contribution in [1.82, 2.24) is 4.98 Å². The Kier molecular flexibility index (Phi) is 116. The van der Waals surface area contributed by atoms with E-state index in [0.29, 0.717) is 0 Å². The summed E-state index contributed by atoms with van der Waals surface area (Å²) in [5, 5.41) is 0. The zero-order valence-electron chi connectivity index (χ0n) is 3.33. The first-order valence-electron chi connectivity index (χ1n) is 1.85. The van der Waals surface area contributed by atoms with Gasteiger partial charge >= 0.3 is 0 Å². The monoisotopic (exact) mass is 175 g/mol. The van der Waals surface area contributed by atoms with Crippen LogP contribution in [0.3, 0.4) is 0 Å². The first-order chi connectivity index (χ1) is 3.00. The summed E-state index contributed by atoms with van der Waals surface area (Å²) in [5.41, 5.74) is 0. The van der Waals surface area contributed by atoms with Gasteiger partial charge in [0.25, 0.3) is 0 Å². The second-order valence-electron chi connectivity index (χ2n) is 1.02. The molecule has 12 heavy (non-hydrogen) atoms. The van der Waals surface area contributed by atoms with Gasteiger partial charge in [0.15, 0.2) is 0 Å². The van der Waals surface area contributed by atoms with E-state index in [1.54, 1.807) is 12.4 Å². The summed E-state index contributed by atoms with van der Waals surface area (Å²) < 4.78 is 0. The van der Waals surface area contributed by atoms with Crippen LogP contribution in [0.25, 0.3) is 0 Å². The van der Waals surface area contributed by atoms with Gasteiger partial charge in [0.05, 0.1) is 0 Å². The minimum Gasteiger partial charge on any atom is -0.265 e. The van der Waals surface area contributed by atoms with Gasteiger partial charge in [0.2, 0.25) is 0 Å². The Morgan fingerprint density at radius 2 is 0.833 bits per heavy atom. The molecule has 0 unspecified atom stereocenters. The van der Waals surface area contributed by atoms with Crippen LogP contribution < -0.4 is 0 Å². The Balaban J connectivity index is -0.0000000150. The Bertz CT molecular complexity index is 76.9. The number of hydrogen-bond acceptors (Lipinski definition) is 1. The van der Waals surface area contributed by atoms with Gasteiger partial charge in [0.1, 0.15) is 0 Å². The summed E-state index contributed by atoms with van der Waals surface area (Å²) in [4.78, 5) is 3.78. The lowest BCUT2D eigenvalue weighted by Gasteiger charge is -1.70.